The third kappa shape index (κ3) is 4.53. The van der Waals surface area contributed by atoms with E-state index in [-0.39, 0.29) is 11.4 Å². The molecule has 138 valence electrons. The van der Waals surface area contributed by atoms with Crippen LogP contribution in [0.15, 0.2) is 70.5 Å². The summed E-state index contributed by atoms with van der Waals surface area (Å²) >= 11 is 1.43. The van der Waals surface area contributed by atoms with Crippen LogP contribution in [0, 0.1) is 21.7 Å². The quantitative estimate of drug-likeness (QED) is 0.339. The summed E-state index contributed by atoms with van der Waals surface area (Å²) < 4.78 is 26.9. The van der Waals surface area contributed by atoms with E-state index in [2.05, 4.69) is 5.32 Å². The Hall–Kier alpha value is -3.13. The maximum Gasteiger partial charge on any atom is 0.269 e. The Morgan fingerprint density at radius 2 is 1.67 bits per heavy atom. The fraction of sp³-hybridized carbons (Fsp3) is 0.0526. The first kappa shape index (κ1) is 18.7. The number of nitro benzene ring substituents is 1. The van der Waals surface area contributed by atoms with Crippen LogP contribution in [0.25, 0.3) is 0 Å². The molecule has 0 atom stereocenters. The molecule has 3 aromatic rings. The Labute approximate surface area is 157 Å². The minimum atomic E-state index is -1.04. The van der Waals surface area contributed by atoms with Gasteiger partial charge < -0.3 is 10.4 Å². The van der Waals surface area contributed by atoms with Crippen molar-refractivity contribution in [3.63, 3.8) is 0 Å². The van der Waals surface area contributed by atoms with Gasteiger partial charge in [-0.15, -0.1) is 0 Å². The number of halogens is 2. The van der Waals surface area contributed by atoms with Gasteiger partial charge in [0, 0.05) is 46.3 Å². The number of nitrogens with one attached hydrogen (secondary N) is 1. The number of benzene rings is 3. The van der Waals surface area contributed by atoms with E-state index in [4.69, 9.17) is 5.11 Å². The molecule has 0 aliphatic heterocycles. The molecule has 0 aliphatic rings. The molecule has 0 spiro atoms. The highest BCUT2D eigenvalue weighted by Gasteiger charge is 2.11. The standard InChI is InChI=1S/C19H14F2N2O3S/c20-16-9-13(10-17(21)19(16)24)22-11-12-3-1-2-4-18(12)27-15-7-5-14(6-8-15)23(25)26/h1-10,22,24H,11H2. The zero-order chi connectivity index (χ0) is 19.4. The Kier molecular flexibility index (Phi) is 5.56. The third-order valence-corrected chi connectivity index (χ3v) is 4.87. The number of hydrogen-bond acceptors (Lipinski definition) is 5. The highest BCUT2D eigenvalue weighted by atomic mass is 32.2. The largest absolute Gasteiger partial charge is 0.503 e. The number of phenols is 1. The molecule has 27 heavy (non-hydrogen) atoms. The molecule has 0 amide bonds. The summed E-state index contributed by atoms with van der Waals surface area (Å²) in [7, 11) is 0. The van der Waals surface area contributed by atoms with Gasteiger partial charge in [0.2, 0.25) is 0 Å². The lowest BCUT2D eigenvalue weighted by Crippen LogP contribution is -2.02. The SMILES string of the molecule is O=[N+]([O-])c1ccc(Sc2ccccc2CNc2cc(F)c(O)c(F)c2)cc1. The minimum Gasteiger partial charge on any atom is -0.503 e. The van der Waals surface area contributed by atoms with E-state index >= 15 is 0 Å². The van der Waals surface area contributed by atoms with Crippen molar-refractivity contribution in [2.75, 3.05) is 5.32 Å². The second-order valence-corrected chi connectivity index (χ2v) is 6.72. The van der Waals surface area contributed by atoms with Gasteiger partial charge in [0.15, 0.2) is 17.4 Å². The molecule has 0 heterocycles. The zero-order valence-corrected chi connectivity index (χ0v) is 14.7. The average Bonchev–Trinajstić information content (AvgIpc) is 2.65. The number of anilines is 1. The molecule has 5 nitrogen and oxygen atoms in total. The van der Waals surface area contributed by atoms with Gasteiger partial charge in [-0.1, -0.05) is 30.0 Å². The van der Waals surface area contributed by atoms with Crippen molar-refractivity contribution in [2.24, 2.45) is 0 Å². The van der Waals surface area contributed by atoms with Crippen molar-refractivity contribution in [1.82, 2.24) is 0 Å². The average molecular weight is 388 g/mol. The molecule has 0 fully saturated rings. The van der Waals surface area contributed by atoms with Crippen LogP contribution in [0.5, 0.6) is 5.75 Å². The second-order valence-electron chi connectivity index (χ2n) is 5.60. The molecule has 0 radical (unpaired) electrons. The first-order valence-corrected chi connectivity index (χ1v) is 8.68. The van der Waals surface area contributed by atoms with Crippen molar-refractivity contribution in [1.29, 1.82) is 0 Å². The van der Waals surface area contributed by atoms with Crippen LogP contribution in [0.4, 0.5) is 20.2 Å². The maximum absolute atomic E-state index is 13.4. The molecule has 3 aromatic carbocycles. The summed E-state index contributed by atoms with van der Waals surface area (Å²) in [4.78, 5) is 12.0. The van der Waals surface area contributed by atoms with Crippen LogP contribution in [0.2, 0.25) is 0 Å². The van der Waals surface area contributed by atoms with E-state index in [0.717, 1.165) is 27.5 Å². The predicted octanol–water partition coefficient (Wildman–Crippen LogP) is 5.34. The molecule has 8 heteroatoms. The van der Waals surface area contributed by atoms with E-state index in [9.17, 15) is 18.9 Å². The zero-order valence-electron chi connectivity index (χ0n) is 13.9. The first-order chi connectivity index (χ1) is 12.9. The Morgan fingerprint density at radius 3 is 2.30 bits per heavy atom. The lowest BCUT2D eigenvalue weighted by atomic mass is 10.2. The lowest BCUT2D eigenvalue weighted by molar-refractivity contribution is -0.384. The molecule has 3 rings (SSSR count). The summed E-state index contributed by atoms with van der Waals surface area (Å²) in [5.41, 5.74) is 1.11. The van der Waals surface area contributed by atoms with Crippen molar-refractivity contribution < 1.29 is 18.8 Å². The third-order valence-electron chi connectivity index (χ3n) is 3.75. The normalized spacial score (nSPS) is 10.6. The number of hydrogen-bond donors (Lipinski definition) is 2. The number of aromatic hydroxyl groups is 1. The van der Waals surface area contributed by atoms with E-state index in [1.165, 1.54) is 23.9 Å². The highest BCUT2D eigenvalue weighted by molar-refractivity contribution is 7.99. The Morgan fingerprint density at radius 1 is 1.04 bits per heavy atom. The summed E-state index contributed by atoms with van der Waals surface area (Å²) in [5.74, 6) is -3.08. The minimum absolute atomic E-state index is 0.0192. The molecule has 0 saturated heterocycles. The van der Waals surface area contributed by atoms with Crippen LogP contribution < -0.4 is 5.32 Å². The molecular weight excluding hydrogens is 374 g/mol. The number of nitro groups is 1. The van der Waals surface area contributed by atoms with Crippen LogP contribution in [-0.4, -0.2) is 10.0 Å². The maximum atomic E-state index is 13.4. The molecule has 0 unspecified atom stereocenters. The van der Waals surface area contributed by atoms with Crippen LogP contribution in [-0.2, 0) is 6.54 Å². The molecular formula is C19H14F2N2O3S. The number of phenolic OH excluding ortho intramolecular Hbond substituents is 1. The fourth-order valence-electron chi connectivity index (χ4n) is 2.38. The molecule has 0 bridgehead atoms. The molecule has 2 N–H and O–H groups in total. The van der Waals surface area contributed by atoms with Crippen LogP contribution in [0.3, 0.4) is 0 Å². The summed E-state index contributed by atoms with van der Waals surface area (Å²) in [5, 5.41) is 22.8. The van der Waals surface area contributed by atoms with Gasteiger partial charge in [0.1, 0.15) is 0 Å². The van der Waals surface area contributed by atoms with Gasteiger partial charge in [-0.05, 0) is 23.8 Å². The van der Waals surface area contributed by atoms with E-state index < -0.39 is 22.3 Å². The first-order valence-electron chi connectivity index (χ1n) is 7.86. The van der Waals surface area contributed by atoms with Gasteiger partial charge in [-0.2, -0.15) is 0 Å². The lowest BCUT2D eigenvalue weighted by Gasteiger charge is -2.12. The van der Waals surface area contributed by atoms with E-state index in [1.54, 1.807) is 12.1 Å². The van der Waals surface area contributed by atoms with Gasteiger partial charge >= 0.3 is 0 Å². The monoisotopic (exact) mass is 388 g/mol. The molecule has 0 aliphatic carbocycles. The Balaban J connectivity index is 1.75. The van der Waals surface area contributed by atoms with Crippen LogP contribution >= 0.6 is 11.8 Å². The van der Waals surface area contributed by atoms with Crippen molar-refractivity contribution in [3.05, 3.63) is 88.0 Å². The van der Waals surface area contributed by atoms with E-state index in [0.29, 0.717) is 6.54 Å². The van der Waals surface area contributed by atoms with Gasteiger partial charge in [0.05, 0.1) is 4.92 Å². The molecule has 0 saturated carbocycles. The van der Waals surface area contributed by atoms with Crippen molar-refractivity contribution in [2.45, 2.75) is 16.3 Å². The van der Waals surface area contributed by atoms with Gasteiger partial charge in [0.25, 0.3) is 5.69 Å². The predicted molar refractivity (Wildman–Crippen MR) is 99.0 cm³/mol. The van der Waals surface area contributed by atoms with Crippen LogP contribution in [0.1, 0.15) is 5.56 Å². The number of nitrogens with zero attached hydrogens (tertiary/aromatic N) is 1. The number of rotatable bonds is 6. The second kappa shape index (κ2) is 8.05. The van der Waals surface area contributed by atoms with E-state index in [1.807, 2.05) is 24.3 Å². The fourth-order valence-corrected chi connectivity index (χ4v) is 3.32. The summed E-state index contributed by atoms with van der Waals surface area (Å²) in [6.45, 7) is 0.305. The van der Waals surface area contributed by atoms with Crippen molar-refractivity contribution in [3.8, 4) is 5.75 Å². The smallest absolute Gasteiger partial charge is 0.269 e. The highest BCUT2D eigenvalue weighted by Crippen LogP contribution is 2.32. The topological polar surface area (TPSA) is 75.4 Å². The summed E-state index contributed by atoms with van der Waals surface area (Å²) in [6.07, 6.45) is 0. The number of non-ortho nitro benzene ring substituents is 1. The van der Waals surface area contributed by atoms with Gasteiger partial charge in [-0.3, -0.25) is 10.1 Å². The summed E-state index contributed by atoms with van der Waals surface area (Å²) in [6, 6.07) is 15.7. The molecule has 0 aromatic heterocycles. The van der Waals surface area contributed by atoms with Crippen molar-refractivity contribution >= 4 is 23.1 Å². The Bertz CT molecular complexity index is 958. The van der Waals surface area contributed by atoms with Gasteiger partial charge in [-0.25, -0.2) is 8.78 Å².